The summed E-state index contributed by atoms with van der Waals surface area (Å²) < 4.78 is 11.2. The minimum Gasteiger partial charge on any atom is -0.493 e. The Labute approximate surface area is 169 Å². The van der Waals surface area contributed by atoms with Gasteiger partial charge in [-0.2, -0.15) is 0 Å². The van der Waals surface area contributed by atoms with Crippen molar-refractivity contribution in [3.63, 3.8) is 0 Å². The van der Waals surface area contributed by atoms with Gasteiger partial charge in [0.15, 0.2) is 11.5 Å². The van der Waals surface area contributed by atoms with E-state index in [-0.39, 0.29) is 17.4 Å². The molecule has 0 N–H and O–H groups in total. The molecule has 0 bridgehead atoms. The molecule has 0 unspecified atom stereocenters. The van der Waals surface area contributed by atoms with Crippen molar-refractivity contribution in [2.45, 2.75) is 12.8 Å². The van der Waals surface area contributed by atoms with Gasteiger partial charge in [0.05, 0.1) is 19.1 Å². The summed E-state index contributed by atoms with van der Waals surface area (Å²) >= 11 is 4.26. The lowest BCUT2D eigenvalue weighted by Crippen LogP contribution is -2.40. The lowest BCUT2D eigenvalue weighted by molar-refractivity contribution is -0.135. The Morgan fingerprint density at radius 3 is 2.44 bits per heavy atom. The Bertz CT molecular complexity index is 820. The van der Waals surface area contributed by atoms with Gasteiger partial charge in [-0.3, -0.25) is 19.3 Å². The fourth-order valence-corrected chi connectivity index (χ4v) is 4.23. The van der Waals surface area contributed by atoms with E-state index in [1.165, 1.54) is 14.2 Å². The summed E-state index contributed by atoms with van der Waals surface area (Å²) in [5.41, 5.74) is 0.670. The first kappa shape index (κ1) is 19.8. The van der Waals surface area contributed by atoms with E-state index in [2.05, 4.69) is 15.9 Å². The molecule has 0 atom stereocenters. The van der Waals surface area contributed by atoms with Crippen molar-refractivity contribution in [3.8, 4) is 11.5 Å². The molecule has 0 spiro atoms. The predicted molar refractivity (Wildman–Crippen MR) is 106 cm³/mol. The van der Waals surface area contributed by atoms with E-state index in [9.17, 15) is 14.4 Å². The van der Waals surface area contributed by atoms with E-state index in [0.29, 0.717) is 34.6 Å². The number of likely N-dealkylation sites (tertiary alicyclic amines) is 1. The number of carbonyl (C=O) groups excluding carboxylic acids is 3. The molecule has 7 nitrogen and oxygen atoms in total. The largest absolute Gasteiger partial charge is 0.493 e. The maximum absolute atomic E-state index is 12.6. The summed E-state index contributed by atoms with van der Waals surface area (Å²) in [7, 11) is 3.06. The average Bonchev–Trinajstić information content (AvgIpc) is 3.28. The number of hydrogen-bond donors (Lipinski definition) is 0. The highest BCUT2D eigenvalue weighted by atomic mass is 79.9. The minimum atomic E-state index is -0.459. The first-order valence-electron chi connectivity index (χ1n) is 8.39. The van der Waals surface area contributed by atoms with E-state index in [0.717, 1.165) is 29.5 Å². The summed E-state index contributed by atoms with van der Waals surface area (Å²) in [4.78, 5) is 40.1. The number of imide groups is 1. The molecule has 2 fully saturated rings. The maximum Gasteiger partial charge on any atom is 0.294 e. The van der Waals surface area contributed by atoms with Crippen LogP contribution in [0.1, 0.15) is 18.4 Å². The molecule has 2 aliphatic heterocycles. The number of hydrogen-bond acceptors (Lipinski definition) is 6. The first-order chi connectivity index (χ1) is 12.9. The van der Waals surface area contributed by atoms with Crippen molar-refractivity contribution < 1.29 is 23.9 Å². The molecule has 0 aromatic heterocycles. The Balaban J connectivity index is 1.81. The SMILES string of the molecule is COc1cc(Br)c(/C=C2/SC(=O)N(CC(=O)N3CCCC3)C2=O)cc1OC. The zero-order valence-corrected chi connectivity index (χ0v) is 17.4. The van der Waals surface area contributed by atoms with E-state index in [4.69, 9.17) is 9.47 Å². The zero-order valence-electron chi connectivity index (χ0n) is 15.0. The van der Waals surface area contributed by atoms with Gasteiger partial charge in [0.25, 0.3) is 11.1 Å². The van der Waals surface area contributed by atoms with E-state index in [1.807, 2.05) is 0 Å². The number of rotatable bonds is 5. The molecule has 1 aromatic carbocycles. The number of carbonyl (C=O) groups is 3. The van der Waals surface area contributed by atoms with Crippen molar-refractivity contribution in [2.75, 3.05) is 33.9 Å². The first-order valence-corrected chi connectivity index (χ1v) is 10.00. The lowest BCUT2D eigenvalue weighted by atomic mass is 10.2. The standard InChI is InChI=1S/C18H19BrN2O5S/c1-25-13-7-11(12(19)9-14(13)26-2)8-15-17(23)21(18(24)27-15)10-16(22)20-5-3-4-6-20/h7-9H,3-6,10H2,1-2H3/b15-8+. The molecule has 2 saturated heterocycles. The topological polar surface area (TPSA) is 76.2 Å². The van der Waals surface area contributed by atoms with Gasteiger partial charge in [0.2, 0.25) is 5.91 Å². The van der Waals surface area contributed by atoms with Crippen LogP contribution in [0.5, 0.6) is 11.5 Å². The lowest BCUT2D eigenvalue weighted by Gasteiger charge is -2.18. The summed E-state index contributed by atoms with van der Waals surface area (Å²) in [6.45, 7) is 1.15. The van der Waals surface area contributed by atoms with E-state index < -0.39 is 11.1 Å². The number of halogens is 1. The van der Waals surface area contributed by atoms with Gasteiger partial charge in [-0.05, 0) is 48.4 Å². The number of amides is 3. The molecule has 2 aliphatic rings. The summed E-state index contributed by atoms with van der Waals surface area (Å²) in [5.74, 6) is 0.406. The number of thioether (sulfide) groups is 1. The van der Waals surface area contributed by atoms with Crippen LogP contribution in [-0.4, -0.2) is 60.7 Å². The van der Waals surface area contributed by atoms with Crippen molar-refractivity contribution in [1.29, 1.82) is 0 Å². The predicted octanol–water partition coefficient (Wildman–Crippen LogP) is 3.13. The number of benzene rings is 1. The molecule has 2 heterocycles. The molecule has 27 heavy (non-hydrogen) atoms. The van der Waals surface area contributed by atoms with Crippen LogP contribution in [0.4, 0.5) is 4.79 Å². The maximum atomic E-state index is 12.6. The molecule has 3 rings (SSSR count). The number of ether oxygens (including phenoxy) is 2. The van der Waals surface area contributed by atoms with Gasteiger partial charge in [-0.1, -0.05) is 15.9 Å². The number of nitrogens with zero attached hydrogens (tertiary/aromatic N) is 2. The molecule has 3 amide bonds. The van der Waals surface area contributed by atoms with Gasteiger partial charge in [-0.25, -0.2) is 0 Å². The van der Waals surface area contributed by atoms with Gasteiger partial charge in [0, 0.05) is 17.6 Å². The third kappa shape index (κ3) is 4.14. The molecule has 144 valence electrons. The molecular weight excluding hydrogens is 436 g/mol. The Hall–Kier alpha value is -2.00. The third-order valence-corrected chi connectivity index (χ3v) is 6.01. The average molecular weight is 455 g/mol. The zero-order chi connectivity index (χ0) is 19.6. The Morgan fingerprint density at radius 2 is 1.81 bits per heavy atom. The van der Waals surface area contributed by atoms with Crippen LogP contribution in [0.3, 0.4) is 0 Å². The van der Waals surface area contributed by atoms with Crippen LogP contribution in [0.15, 0.2) is 21.5 Å². The van der Waals surface area contributed by atoms with Crippen molar-refractivity contribution in [3.05, 3.63) is 27.1 Å². The summed E-state index contributed by atoms with van der Waals surface area (Å²) in [6.07, 6.45) is 3.53. The van der Waals surface area contributed by atoms with Crippen LogP contribution in [-0.2, 0) is 9.59 Å². The van der Waals surface area contributed by atoms with Gasteiger partial charge < -0.3 is 14.4 Å². The number of methoxy groups -OCH3 is 2. The smallest absolute Gasteiger partial charge is 0.294 e. The fraction of sp³-hybridized carbons (Fsp3) is 0.389. The highest BCUT2D eigenvalue weighted by Gasteiger charge is 2.37. The summed E-state index contributed by atoms with van der Waals surface area (Å²) in [6, 6.07) is 3.44. The van der Waals surface area contributed by atoms with E-state index in [1.54, 1.807) is 23.1 Å². The molecular formula is C18H19BrN2O5S. The van der Waals surface area contributed by atoms with Gasteiger partial charge >= 0.3 is 0 Å². The summed E-state index contributed by atoms with van der Waals surface area (Å²) in [5, 5.41) is -0.435. The van der Waals surface area contributed by atoms with Crippen LogP contribution in [0, 0.1) is 0 Å². The van der Waals surface area contributed by atoms with Crippen LogP contribution < -0.4 is 9.47 Å². The monoisotopic (exact) mass is 454 g/mol. The Morgan fingerprint density at radius 1 is 1.19 bits per heavy atom. The quantitative estimate of drug-likeness (QED) is 0.636. The second kappa shape index (κ2) is 8.35. The fourth-order valence-electron chi connectivity index (χ4n) is 2.96. The second-order valence-electron chi connectivity index (χ2n) is 6.08. The molecule has 1 aromatic rings. The highest BCUT2D eigenvalue weighted by Crippen LogP contribution is 2.37. The third-order valence-electron chi connectivity index (χ3n) is 4.42. The van der Waals surface area contributed by atoms with E-state index >= 15 is 0 Å². The highest BCUT2D eigenvalue weighted by molar-refractivity contribution is 9.10. The Kier molecular flexibility index (Phi) is 6.11. The molecule has 0 saturated carbocycles. The van der Waals surface area contributed by atoms with Gasteiger partial charge in [0.1, 0.15) is 6.54 Å². The van der Waals surface area contributed by atoms with Crippen LogP contribution in [0.25, 0.3) is 6.08 Å². The second-order valence-corrected chi connectivity index (χ2v) is 7.93. The van der Waals surface area contributed by atoms with Gasteiger partial charge in [-0.15, -0.1) is 0 Å². The van der Waals surface area contributed by atoms with Crippen LogP contribution >= 0.6 is 27.7 Å². The van der Waals surface area contributed by atoms with Crippen molar-refractivity contribution in [1.82, 2.24) is 9.80 Å². The molecule has 0 radical (unpaired) electrons. The van der Waals surface area contributed by atoms with Crippen molar-refractivity contribution >= 4 is 50.8 Å². The molecule has 9 heteroatoms. The van der Waals surface area contributed by atoms with Crippen LogP contribution in [0.2, 0.25) is 0 Å². The molecule has 0 aliphatic carbocycles. The normalized spacial score (nSPS) is 18.6. The van der Waals surface area contributed by atoms with Crippen molar-refractivity contribution in [2.24, 2.45) is 0 Å². The minimum absolute atomic E-state index is 0.191.